The summed E-state index contributed by atoms with van der Waals surface area (Å²) in [5.41, 5.74) is 6.56. The summed E-state index contributed by atoms with van der Waals surface area (Å²) in [5.74, 6) is 1.41. The van der Waals surface area contributed by atoms with E-state index in [0.717, 1.165) is 25.1 Å². The van der Waals surface area contributed by atoms with Crippen LogP contribution in [0, 0.1) is 5.92 Å². The van der Waals surface area contributed by atoms with Crippen molar-refractivity contribution >= 4 is 29.7 Å². The zero-order valence-corrected chi connectivity index (χ0v) is 16.0. The van der Waals surface area contributed by atoms with Gasteiger partial charge in [-0.1, -0.05) is 19.1 Å². The Kier molecular flexibility index (Phi) is 7.29. The maximum atomic E-state index is 12.9. The molecular formula is C19H25ClN2O2S. The van der Waals surface area contributed by atoms with Crippen LogP contribution in [0.3, 0.4) is 0 Å². The number of nitrogens with two attached hydrogens (primary N) is 1. The Bertz CT molecular complexity index is 678. The van der Waals surface area contributed by atoms with Crippen LogP contribution in [0.5, 0.6) is 5.75 Å². The van der Waals surface area contributed by atoms with Crippen LogP contribution >= 0.6 is 23.7 Å². The lowest BCUT2D eigenvalue weighted by atomic mass is 9.92. The van der Waals surface area contributed by atoms with Gasteiger partial charge in [-0.3, -0.25) is 4.79 Å². The van der Waals surface area contributed by atoms with E-state index in [-0.39, 0.29) is 24.4 Å². The predicted molar refractivity (Wildman–Crippen MR) is 105 cm³/mol. The van der Waals surface area contributed by atoms with Crippen LogP contribution in [0.15, 0.2) is 41.8 Å². The van der Waals surface area contributed by atoms with Gasteiger partial charge in [0.2, 0.25) is 0 Å². The van der Waals surface area contributed by atoms with E-state index in [2.05, 4.69) is 6.92 Å². The largest absolute Gasteiger partial charge is 0.488 e. The second kappa shape index (κ2) is 9.22. The number of halogens is 1. The number of thiophene rings is 1. The molecule has 2 heterocycles. The SMILES string of the molecule is CC1CCN(C(=O)c2cccc(OCc3cccs3)c2)C(CN)C1.Cl. The van der Waals surface area contributed by atoms with Gasteiger partial charge in [-0.05, 0) is 48.4 Å². The third kappa shape index (κ3) is 4.97. The third-order valence-electron chi connectivity index (χ3n) is 4.55. The number of carbonyl (C=O) groups excluding carboxylic acids is 1. The average molecular weight is 381 g/mol. The maximum absolute atomic E-state index is 12.9. The van der Waals surface area contributed by atoms with Gasteiger partial charge < -0.3 is 15.4 Å². The molecule has 2 N–H and O–H groups in total. The molecule has 0 radical (unpaired) electrons. The molecule has 25 heavy (non-hydrogen) atoms. The van der Waals surface area contributed by atoms with E-state index >= 15 is 0 Å². The van der Waals surface area contributed by atoms with Gasteiger partial charge >= 0.3 is 0 Å². The van der Waals surface area contributed by atoms with Crippen LogP contribution in [0.1, 0.15) is 35.0 Å². The van der Waals surface area contributed by atoms with Crippen molar-refractivity contribution in [3.05, 3.63) is 52.2 Å². The molecule has 0 aliphatic carbocycles. The van der Waals surface area contributed by atoms with Crippen LogP contribution < -0.4 is 10.5 Å². The summed E-state index contributed by atoms with van der Waals surface area (Å²) in [7, 11) is 0. The Morgan fingerprint density at radius 2 is 2.20 bits per heavy atom. The normalized spacial score (nSPS) is 20.0. The number of nitrogens with zero attached hydrogens (tertiary/aromatic N) is 1. The van der Waals surface area contributed by atoms with E-state index in [9.17, 15) is 4.79 Å². The molecule has 1 aliphatic rings. The fraction of sp³-hybridized carbons (Fsp3) is 0.421. The molecular weight excluding hydrogens is 356 g/mol. The second-order valence-corrected chi connectivity index (χ2v) is 7.45. The summed E-state index contributed by atoms with van der Waals surface area (Å²) in [6.07, 6.45) is 2.02. The molecule has 1 saturated heterocycles. The number of ether oxygens (including phenoxy) is 1. The molecule has 4 nitrogen and oxygen atoms in total. The highest BCUT2D eigenvalue weighted by Gasteiger charge is 2.29. The van der Waals surface area contributed by atoms with E-state index in [4.69, 9.17) is 10.5 Å². The van der Waals surface area contributed by atoms with Crippen LogP contribution in [0.2, 0.25) is 0 Å². The Morgan fingerprint density at radius 3 is 2.92 bits per heavy atom. The van der Waals surface area contributed by atoms with Crippen molar-refractivity contribution in [2.75, 3.05) is 13.1 Å². The maximum Gasteiger partial charge on any atom is 0.254 e. The molecule has 2 atom stereocenters. The molecule has 3 rings (SSSR count). The molecule has 0 spiro atoms. The fourth-order valence-electron chi connectivity index (χ4n) is 3.18. The molecule has 1 aliphatic heterocycles. The summed E-state index contributed by atoms with van der Waals surface area (Å²) in [6.45, 7) is 4.05. The zero-order valence-electron chi connectivity index (χ0n) is 14.4. The van der Waals surface area contributed by atoms with Gasteiger partial charge in [0.25, 0.3) is 5.91 Å². The molecule has 2 aromatic rings. The van der Waals surface area contributed by atoms with Gasteiger partial charge in [0.15, 0.2) is 0 Å². The predicted octanol–water partition coefficient (Wildman–Crippen LogP) is 3.95. The van der Waals surface area contributed by atoms with Gasteiger partial charge in [-0.15, -0.1) is 23.7 Å². The molecule has 2 unspecified atom stereocenters. The van der Waals surface area contributed by atoms with Crippen molar-refractivity contribution in [1.82, 2.24) is 4.90 Å². The number of amides is 1. The van der Waals surface area contributed by atoms with Crippen molar-refractivity contribution in [3.8, 4) is 5.75 Å². The molecule has 0 saturated carbocycles. The first-order valence-electron chi connectivity index (χ1n) is 8.43. The minimum absolute atomic E-state index is 0. The van der Waals surface area contributed by atoms with Crippen molar-refractivity contribution in [3.63, 3.8) is 0 Å². The first kappa shape index (κ1) is 19.8. The summed E-state index contributed by atoms with van der Waals surface area (Å²) in [5, 5.41) is 2.03. The number of hydrogen-bond donors (Lipinski definition) is 1. The summed E-state index contributed by atoms with van der Waals surface area (Å²) < 4.78 is 5.81. The topological polar surface area (TPSA) is 55.6 Å². The molecule has 6 heteroatoms. The lowest BCUT2D eigenvalue weighted by Crippen LogP contribution is -2.49. The highest BCUT2D eigenvalue weighted by molar-refractivity contribution is 7.09. The summed E-state index contributed by atoms with van der Waals surface area (Å²) in [4.78, 5) is 16.0. The van der Waals surface area contributed by atoms with Gasteiger partial charge in [0.1, 0.15) is 12.4 Å². The highest BCUT2D eigenvalue weighted by Crippen LogP contribution is 2.25. The molecule has 1 aromatic carbocycles. The first-order chi connectivity index (χ1) is 11.7. The van der Waals surface area contributed by atoms with E-state index in [1.165, 1.54) is 4.88 Å². The van der Waals surface area contributed by atoms with Crippen molar-refractivity contribution in [1.29, 1.82) is 0 Å². The Labute approximate surface area is 159 Å². The number of carbonyl (C=O) groups is 1. The number of rotatable bonds is 5. The lowest BCUT2D eigenvalue weighted by molar-refractivity contribution is 0.0573. The zero-order chi connectivity index (χ0) is 16.9. The second-order valence-electron chi connectivity index (χ2n) is 6.41. The van der Waals surface area contributed by atoms with Crippen LogP contribution in [-0.2, 0) is 6.61 Å². The molecule has 136 valence electrons. The van der Waals surface area contributed by atoms with Crippen LogP contribution in [0.25, 0.3) is 0 Å². The quantitative estimate of drug-likeness (QED) is 0.854. The smallest absolute Gasteiger partial charge is 0.254 e. The number of benzene rings is 1. The Morgan fingerprint density at radius 1 is 1.36 bits per heavy atom. The fourth-order valence-corrected chi connectivity index (χ4v) is 3.79. The van der Waals surface area contributed by atoms with E-state index < -0.39 is 0 Å². The third-order valence-corrected chi connectivity index (χ3v) is 5.40. The Balaban J connectivity index is 0.00000225. The number of hydrogen-bond acceptors (Lipinski definition) is 4. The van der Waals surface area contributed by atoms with Gasteiger partial charge in [0.05, 0.1) is 0 Å². The van der Waals surface area contributed by atoms with E-state index in [1.54, 1.807) is 11.3 Å². The van der Waals surface area contributed by atoms with E-state index in [1.807, 2.05) is 46.7 Å². The first-order valence-corrected chi connectivity index (χ1v) is 9.31. The van der Waals surface area contributed by atoms with Crippen molar-refractivity contribution in [2.45, 2.75) is 32.4 Å². The molecule has 1 aromatic heterocycles. The van der Waals surface area contributed by atoms with Crippen LogP contribution in [0.4, 0.5) is 0 Å². The molecule has 1 fully saturated rings. The number of likely N-dealkylation sites (tertiary alicyclic amines) is 1. The lowest BCUT2D eigenvalue weighted by Gasteiger charge is -2.38. The molecule has 0 bridgehead atoms. The van der Waals surface area contributed by atoms with Crippen molar-refractivity contribution < 1.29 is 9.53 Å². The minimum atomic E-state index is 0. The molecule has 1 amide bonds. The number of piperidine rings is 1. The van der Waals surface area contributed by atoms with Crippen molar-refractivity contribution in [2.24, 2.45) is 11.7 Å². The minimum Gasteiger partial charge on any atom is -0.488 e. The van der Waals surface area contributed by atoms with Gasteiger partial charge in [-0.25, -0.2) is 0 Å². The van der Waals surface area contributed by atoms with Gasteiger partial charge in [0, 0.05) is 29.6 Å². The standard InChI is InChI=1S/C19H24N2O2S.ClH/c1-14-7-8-21(16(10-14)12-20)19(22)15-4-2-5-17(11-15)23-13-18-6-3-9-24-18;/h2-6,9,11,14,16H,7-8,10,12-13,20H2,1H3;1H. The monoisotopic (exact) mass is 380 g/mol. The average Bonchev–Trinajstić information content (AvgIpc) is 3.13. The summed E-state index contributed by atoms with van der Waals surface area (Å²) >= 11 is 1.66. The Hall–Kier alpha value is -1.56. The van der Waals surface area contributed by atoms with Gasteiger partial charge in [-0.2, -0.15) is 0 Å². The van der Waals surface area contributed by atoms with Crippen LogP contribution in [-0.4, -0.2) is 29.9 Å². The highest BCUT2D eigenvalue weighted by atomic mass is 35.5. The summed E-state index contributed by atoms with van der Waals surface area (Å²) in [6, 6.07) is 11.6. The van der Waals surface area contributed by atoms with E-state index in [0.29, 0.717) is 24.6 Å².